The van der Waals surface area contributed by atoms with Crippen molar-refractivity contribution < 1.29 is 0 Å². The molecule has 0 amide bonds. The van der Waals surface area contributed by atoms with Crippen LogP contribution in [0.5, 0.6) is 0 Å². The van der Waals surface area contributed by atoms with Crippen LogP contribution in [0.4, 0.5) is 0 Å². The lowest BCUT2D eigenvalue weighted by atomic mass is 10.0. The predicted molar refractivity (Wildman–Crippen MR) is 77.7 cm³/mol. The highest BCUT2D eigenvalue weighted by molar-refractivity contribution is 5.21. The fraction of sp³-hybridized carbons (Fsp3) is 0.625. The lowest BCUT2D eigenvalue weighted by Crippen LogP contribution is -2.50. The van der Waals surface area contributed by atoms with E-state index in [1.54, 1.807) is 0 Å². The number of aryl methyl sites for hydroxylation is 1. The van der Waals surface area contributed by atoms with E-state index in [1.807, 2.05) is 0 Å². The van der Waals surface area contributed by atoms with Crippen molar-refractivity contribution in [2.45, 2.75) is 39.8 Å². The van der Waals surface area contributed by atoms with E-state index < -0.39 is 0 Å². The molecule has 1 heterocycles. The van der Waals surface area contributed by atoms with E-state index in [-0.39, 0.29) is 0 Å². The van der Waals surface area contributed by atoms with Crippen LogP contribution in [0.25, 0.3) is 0 Å². The quantitative estimate of drug-likeness (QED) is 0.879. The van der Waals surface area contributed by atoms with Crippen molar-refractivity contribution >= 4 is 0 Å². The molecule has 1 atom stereocenters. The van der Waals surface area contributed by atoms with Gasteiger partial charge in [0.1, 0.15) is 0 Å². The summed E-state index contributed by atoms with van der Waals surface area (Å²) < 4.78 is 0. The van der Waals surface area contributed by atoms with Crippen molar-refractivity contribution in [3.63, 3.8) is 0 Å². The van der Waals surface area contributed by atoms with Gasteiger partial charge in [0.15, 0.2) is 0 Å². The Bertz CT molecular complexity index is 356. The van der Waals surface area contributed by atoms with Gasteiger partial charge in [0.05, 0.1) is 0 Å². The lowest BCUT2D eigenvalue weighted by molar-refractivity contribution is 0.179. The van der Waals surface area contributed by atoms with E-state index in [1.165, 1.54) is 30.6 Å². The number of rotatable bonds is 4. The average Bonchev–Trinajstić information content (AvgIpc) is 2.32. The summed E-state index contributed by atoms with van der Waals surface area (Å²) in [6.45, 7) is 11.3. The molecule has 1 fully saturated rings. The van der Waals surface area contributed by atoms with E-state index in [0.717, 1.165) is 19.0 Å². The van der Waals surface area contributed by atoms with Crippen molar-refractivity contribution in [2.75, 3.05) is 19.6 Å². The average molecular weight is 246 g/mol. The minimum atomic E-state index is 0.671. The molecule has 1 N–H and O–H groups in total. The van der Waals surface area contributed by atoms with Gasteiger partial charge in [-0.3, -0.25) is 4.90 Å². The molecule has 1 aromatic rings. The van der Waals surface area contributed by atoms with E-state index in [2.05, 4.69) is 55.3 Å². The van der Waals surface area contributed by atoms with Crippen LogP contribution in [0.2, 0.25) is 0 Å². The largest absolute Gasteiger partial charge is 0.311 e. The summed E-state index contributed by atoms with van der Waals surface area (Å²) in [6, 6.07) is 9.61. The molecule has 1 aromatic carbocycles. The Balaban J connectivity index is 1.87. The van der Waals surface area contributed by atoms with Crippen molar-refractivity contribution in [3.8, 4) is 0 Å². The van der Waals surface area contributed by atoms with Gasteiger partial charge in [-0.15, -0.1) is 0 Å². The molecule has 0 saturated carbocycles. The first-order chi connectivity index (χ1) is 8.63. The maximum Gasteiger partial charge on any atom is 0.0234 e. The SMILES string of the molecule is Cc1ccc(CN2CCNC(CC(C)C)C2)cc1. The number of piperazine rings is 1. The molecule has 0 radical (unpaired) electrons. The Morgan fingerprint density at radius 2 is 2.00 bits per heavy atom. The van der Waals surface area contributed by atoms with Crippen LogP contribution in [-0.2, 0) is 6.54 Å². The predicted octanol–water partition coefficient (Wildman–Crippen LogP) is 2.81. The second-order valence-electron chi connectivity index (χ2n) is 6.00. The van der Waals surface area contributed by atoms with Crippen LogP contribution in [-0.4, -0.2) is 30.6 Å². The first-order valence-corrected chi connectivity index (χ1v) is 7.15. The van der Waals surface area contributed by atoms with Gasteiger partial charge in [0, 0.05) is 32.2 Å². The standard InChI is InChI=1S/C16H26N2/c1-13(2)10-16-12-18(9-8-17-16)11-15-6-4-14(3)5-7-15/h4-7,13,16-17H,8-12H2,1-3H3. The second-order valence-corrected chi connectivity index (χ2v) is 6.00. The molecule has 2 heteroatoms. The molecule has 1 aliphatic rings. The maximum atomic E-state index is 3.63. The topological polar surface area (TPSA) is 15.3 Å². The molecule has 0 aromatic heterocycles. The molecule has 18 heavy (non-hydrogen) atoms. The summed E-state index contributed by atoms with van der Waals surface area (Å²) in [6.07, 6.45) is 1.28. The van der Waals surface area contributed by atoms with Gasteiger partial charge in [-0.05, 0) is 24.8 Å². The highest BCUT2D eigenvalue weighted by Gasteiger charge is 2.19. The summed E-state index contributed by atoms with van der Waals surface area (Å²) in [5.41, 5.74) is 2.78. The van der Waals surface area contributed by atoms with Gasteiger partial charge >= 0.3 is 0 Å². The number of nitrogens with zero attached hydrogens (tertiary/aromatic N) is 1. The van der Waals surface area contributed by atoms with Gasteiger partial charge in [0.2, 0.25) is 0 Å². The number of hydrogen-bond donors (Lipinski definition) is 1. The van der Waals surface area contributed by atoms with Crippen LogP contribution in [0.15, 0.2) is 24.3 Å². The van der Waals surface area contributed by atoms with E-state index in [4.69, 9.17) is 0 Å². The second kappa shape index (κ2) is 6.35. The Kier molecular flexibility index (Phi) is 4.79. The highest BCUT2D eigenvalue weighted by atomic mass is 15.2. The van der Waals surface area contributed by atoms with Crippen molar-refractivity contribution in [1.82, 2.24) is 10.2 Å². The number of benzene rings is 1. The van der Waals surface area contributed by atoms with Crippen molar-refractivity contribution in [2.24, 2.45) is 5.92 Å². The van der Waals surface area contributed by atoms with Gasteiger partial charge in [0.25, 0.3) is 0 Å². The summed E-state index contributed by atoms with van der Waals surface area (Å²) in [4.78, 5) is 2.58. The molecule has 1 unspecified atom stereocenters. The third kappa shape index (κ3) is 4.11. The molecular formula is C16H26N2. The number of hydrogen-bond acceptors (Lipinski definition) is 2. The van der Waals surface area contributed by atoms with Gasteiger partial charge in [-0.25, -0.2) is 0 Å². The van der Waals surface area contributed by atoms with Crippen LogP contribution < -0.4 is 5.32 Å². The number of nitrogens with one attached hydrogen (secondary N) is 1. The fourth-order valence-corrected chi connectivity index (χ4v) is 2.72. The van der Waals surface area contributed by atoms with E-state index in [9.17, 15) is 0 Å². The van der Waals surface area contributed by atoms with Gasteiger partial charge in [-0.2, -0.15) is 0 Å². The third-order valence-corrected chi connectivity index (χ3v) is 3.62. The smallest absolute Gasteiger partial charge is 0.0234 e. The first-order valence-electron chi connectivity index (χ1n) is 7.15. The van der Waals surface area contributed by atoms with Gasteiger partial charge in [-0.1, -0.05) is 43.7 Å². The lowest BCUT2D eigenvalue weighted by Gasteiger charge is -2.34. The molecule has 0 bridgehead atoms. The molecule has 2 nitrogen and oxygen atoms in total. The Hall–Kier alpha value is -0.860. The summed E-state index contributed by atoms with van der Waals surface area (Å²) in [7, 11) is 0. The molecule has 0 aliphatic carbocycles. The molecule has 0 spiro atoms. The fourth-order valence-electron chi connectivity index (χ4n) is 2.72. The normalized spacial score (nSPS) is 21.4. The minimum Gasteiger partial charge on any atom is -0.311 e. The van der Waals surface area contributed by atoms with E-state index >= 15 is 0 Å². The monoisotopic (exact) mass is 246 g/mol. The zero-order valence-electron chi connectivity index (χ0n) is 11.9. The Labute approximate surface area is 111 Å². The van der Waals surface area contributed by atoms with Crippen LogP contribution in [0, 0.1) is 12.8 Å². The minimum absolute atomic E-state index is 0.671. The summed E-state index contributed by atoms with van der Waals surface area (Å²) in [5, 5.41) is 3.63. The zero-order valence-corrected chi connectivity index (χ0v) is 11.9. The summed E-state index contributed by atoms with van der Waals surface area (Å²) >= 11 is 0. The van der Waals surface area contributed by atoms with E-state index in [0.29, 0.717) is 6.04 Å². The Morgan fingerprint density at radius 1 is 1.28 bits per heavy atom. The summed E-state index contributed by atoms with van der Waals surface area (Å²) in [5.74, 6) is 0.779. The Morgan fingerprint density at radius 3 is 2.67 bits per heavy atom. The van der Waals surface area contributed by atoms with Gasteiger partial charge < -0.3 is 5.32 Å². The molecule has 100 valence electrons. The maximum absolute atomic E-state index is 3.63. The molecular weight excluding hydrogens is 220 g/mol. The molecule has 2 rings (SSSR count). The highest BCUT2D eigenvalue weighted by Crippen LogP contribution is 2.13. The van der Waals surface area contributed by atoms with Crippen molar-refractivity contribution in [3.05, 3.63) is 35.4 Å². The molecule has 1 saturated heterocycles. The van der Waals surface area contributed by atoms with Crippen LogP contribution >= 0.6 is 0 Å². The van der Waals surface area contributed by atoms with Crippen LogP contribution in [0.3, 0.4) is 0 Å². The molecule has 1 aliphatic heterocycles. The zero-order chi connectivity index (χ0) is 13.0. The third-order valence-electron chi connectivity index (χ3n) is 3.62. The van der Waals surface area contributed by atoms with Crippen molar-refractivity contribution in [1.29, 1.82) is 0 Å². The first kappa shape index (κ1) is 13.6. The van der Waals surface area contributed by atoms with Crippen LogP contribution in [0.1, 0.15) is 31.4 Å².